The molecule has 0 aliphatic carbocycles. The standard InChI is InChI=1S/C22H20ClN3O2/c23-19-10-12-20(13-11-19)24-15-22(27)26-25-14-18-8-4-5-9-21(18)28-16-17-6-2-1-3-7-17/h1-14,24H,15-16H2,(H,26,27)/b25-14-. The minimum absolute atomic E-state index is 0.102. The van der Waals surface area contributed by atoms with Crippen LogP contribution in [0.15, 0.2) is 84.0 Å². The lowest BCUT2D eigenvalue weighted by Gasteiger charge is -2.09. The van der Waals surface area contributed by atoms with E-state index in [0.29, 0.717) is 17.4 Å². The summed E-state index contributed by atoms with van der Waals surface area (Å²) in [6.07, 6.45) is 1.57. The summed E-state index contributed by atoms with van der Waals surface area (Å²) in [5.41, 5.74) is 5.17. The Labute approximate surface area is 169 Å². The molecule has 6 heteroatoms. The minimum atomic E-state index is -0.256. The lowest BCUT2D eigenvalue weighted by atomic mass is 10.2. The molecule has 2 N–H and O–H groups in total. The largest absolute Gasteiger partial charge is 0.488 e. The number of hydrogen-bond acceptors (Lipinski definition) is 4. The van der Waals surface area contributed by atoms with Crippen molar-refractivity contribution >= 4 is 29.4 Å². The van der Waals surface area contributed by atoms with E-state index in [-0.39, 0.29) is 12.5 Å². The highest BCUT2D eigenvalue weighted by atomic mass is 35.5. The summed E-state index contributed by atoms with van der Waals surface area (Å²) in [5, 5.41) is 7.66. The third-order valence-electron chi connectivity index (χ3n) is 3.85. The van der Waals surface area contributed by atoms with E-state index in [0.717, 1.165) is 16.8 Å². The average Bonchev–Trinajstić information content (AvgIpc) is 2.73. The van der Waals surface area contributed by atoms with Gasteiger partial charge < -0.3 is 10.1 Å². The number of hydrogen-bond donors (Lipinski definition) is 2. The SMILES string of the molecule is O=C(CNc1ccc(Cl)cc1)N/N=C\c1ccccc1OCc1ccccc1. The van der Waals surface area contributed by atoms with E-state index in [1.165, 1.54) is 0 Å². The summed E-state index contributed by atoms with van der Waals surface area (Å²) in [4.78, 5) is 11.9. The van der Waals surface area contributed by atoms with Crippen molar-refractivity contribution in [3.63, 3.8) is 0 Å². The molecule has 0 heterocycles. The molecule has 0 aromatic heterocycles. The number of hydrazone groups is 1. The number of nitrogens with one attached hydrogen (secondary N) is 2. The highest BCUT2D eigenvalue weighted by Gasteiger charge is 2.03. The molecule has 3 aromatic carbocycles. The zero-order chi connectivity index (χ0) is 19.6. The van der Waals surface area contributed by atoms with E-state index in [1.54, 1.807) is 30.5 Å². The minimum Gasteiger partial charge on any atom is -0.488 e. The lowest BCUT2D eigenvalue weighted by Crippen LogP contribution is -2.25. The first kappa shape index (κ1) is 19.5. The Morgan fingerprint density at radius 3 is 2.46 bits per heavy atom. The topological polar surface area (TPSA) is 62.7 Å². The third kappa shape index (κ3) is 6.14. The summed E-state index contributed by atoms with van der Waals surface area (Å²) in [6.45, 7) is 0.564. The Hall–Kier alpha value is -3.31. The molecule has 142 valence electrons. The fourth-order valence-electron chi connectivity index (χ4n) is 2.42. The van der Waals surface area contributed by atoms with Crippen LogP contribution in [-0.2, 0) is 11.4 Å². The fourth-order valence-corrected chi connectivity index (χ4v) is 2.54. The molecule has 0 radical (unpaired) electrons. The highest BCUT2D eigenvalue weighted by molar-refractivity contribution is 6.30. The first-order valence-electron chi connectivity index (χ1n) is 8.78. The number of amides is 1. The zero-order valence-electron chi connectivity index (χ0n) is 15.1. The van der Waals surface area contributed by atoms with Gasteiger partial charge in [0.1, 0.15) is 12.4 Å². The third-order valence-corrected chi connectivity index (χ3v) is 4.10. The quantitative estimate of drug-likeness (QED) is 0.438. The highest BCUT2D eigenvalue weighted by Crippen LogP contribution is 2.17. The summed E-state index contributed by atoms with van der Waals surface area (Å²) in [6, 6.07) is 24.6. The van der Waals surface area contributed by atoms with Crippen molar-refractivity contribution in [2.45, 2.75) is 6.61 Å². The number of ether oxygens (including phenoxy) is 1. The number of benzene rings is 3. The number of carbonyl (C=O) groups is 1. The average molecular weight is 394 g/mol. The number of carbonyl (C=O) groups excluding carboxylic acids is 1. The van der Waals surface area contributed by atoms with Crippen LogP contribution in [0.5, 0.6) is 5.75 Å². The summed E-state index contributed by atoms with van der Waals surface area (Å²) in [7, 11) is 0. The van der Waals surface area contributed by atoms with Crippen molar-refractivity contribution in [1.29, 1.82) is 0 Å². The van der Waals surface area contributed by atoms with Gasteiger partial charge in [-0.2, -0.15) is 5.10 Å². The van der Waals surface area contributed by atoms with Crippen LogP contribution in [0.3, 0.4) is 0 Å². The Morgan fingerprint density at radius 2 is 1.68 bits per heavy atom. The van der Waals surface area contributed by atoms with E-state index in [4.69, 9.17) is 16.3 Å². The molecule has 0 saturated heterocycles. The van der Waals surface area contributed by atoms with Gasteiger partial charge in [-0.3, -0.25) is 4.79 Å². The second kappa shape index (κ2) is 10.1. The van der Waals surface area contributed by atoms with E-state index in [9.17, 15) is 4.79 Å². The molecule has 0 aliphatic rings. The van der Waals surface area contributed by atoms with Gasteiger partial charge in [-0.25, -0.2) is 5.43 Å². The molecular formula is C22H20ClN3O2. The normalized spacial score (nSPS) is 10.6. The fraction of sp³-hybridized carbons (Fsp3) is 0.0909. The molecule has 5 nitrogen and oxygen atoms in total. The Morgan fingerprint density at radius 1 is 0.964 bits per heavy atom. The number of halogens is 1. The molecule has 0 aliphatic heterocycles. The first-order chi connectivity index (χ1) is 13.7. The van der Waals surface area contributed by atoms with Gasteiger partial charge in [0, 0.05) is 16.3 Å². The van der Waals surface area contributed by atoms with Gasteiger partial charge >= 0.3 is 0 Å². The van der Waals surface area contributed by atoms with Crippen LogP contribution >= 0.6 is 11.6 Å². The molecule has 0 atom stereocenters. The molecule has 0 saturated carbocycles. The maximum absolute atomic E-state index is 11.9. The zero-order valence-corrected chi connectivity index (χ0v) is 15.9. The van der Waals surface area contributed by atoms with Gasteiger partial charge in [0.2, 0.25) is 0 Å². The van der Waals surface area contributed by atoms with Gasteiger partial charge in [0.15, 0.2) is 0 Å². The predicted molar refractivity (Wildman–Crippen MR) is 113 cm³/mol. The molecular weight excluding hydrogens is 374 g/mol. The molecule has 0 spiro atoms. The number of anilines is 1. The summed E-state index contributed by atoms with van der Waals surface area (Å²) in [5.74, 6) is 0.442. The Kier molecular flexibility index (Phi) is 7.04. The maximum Gasteiger partial charge on any atom is 0.259 e. The van der Waals surface area contributed by atoms with E-state index in [1.807, 2.05) is 54.6 Å². The van der Waals surface area contributed by atoms with Crippen molar-refractivity contribution in [3.05, 3.63) is 95.0 Å². The Bertz CT molecular complexity index is 928. The van der Waals surface area contributed by atoms with Gasteiger partial charge in [0.05, 0.1) is 12.8 Å². The van der Waals surface area contributed by atoms with Crippen LogP contribution in [0, 0.1) is 0 Å². The van der Waals surface area contributed by atoms with Crippen molar-refractivity contribution < 1.29 is 9.53 Å². The number of rotatable bonds is 8. The molecule has 0 unspecified atom stereocenters. The molecule has 3 aromatic rings. The van der Waals surface area contributed by atoms with Gasteiger partial charge in [-0.1, -0.05) is 54.1 Å². The van der Waals surface area contributed by atoms with Crippen molar-refractivity contribution in [2.75, 3.05) is 11.9 Å². The van der Waals surface area contributed by atoms with Gasteiger partial charge in [0.25, 0.3) is 5.91 Å². The molecule has 0 fully saturated rings. The molecule has 28 heavy (non-hydrogen) atoms. The molecule has 3 rings (SSSR count). The first-order valence-corrected chi connectivity index (χ1v) is 9.15. The van der Waals surface area contributed by atoms with Crippen LogP contribution in [0.1, 0.15) is 11.1 Å². The maximum atomic E-state index is 11.9. The van der Waals surface area contributed by atoms with Gasteiger partial charge in [-0.15, -0.1) is 0 Å². The van der Waals surface area contributed by atoms with Crippen LogP contribution < -0.4 is 15.5 Å². The van der Waals surface area contributed by atoms with Crippen LogP contribution in [0.2, 0.25) is 5.02 Å². The van der Waals surface area contributed by atoms with Crippen LogP contribution in [0.25, 0.3) is 0 Å². The van der Waals surface area contributed by atoms with Gasteiger partial charge in [-0.05, 0) is 42.0 Å². The smallest absolute Gasteiger partial charge is 0.259 e. The summed E-state index contributed by atoms with van der Waals surface area (Å²) >= 11 is 5.83. The Balaban J connectivity index is 1.50. The summed E-state index contributed by atoms with van der Waals surface area (Å²) < 4.78 is 5.87. The van der Waals surface area contributed by atoms with E-state index in [2.05, 4.69) is 15.8 Å². The van der Waals surface area contributed by atoms with Crippen molar-refractivity contribution in [2.24, 2.45) is 5.10 Å². The number of para-hydroxylation sites is 1. The second-order valence-corrected chi connectivity index (χ2v) is 6.40. The van der Waals surface area contributed by atoms with E-state index < -0.39 is 0 Å². The van der Waals surface area contributed by atoms with Crippen LogP contribution in [-0.4, -0.2) is 18.7 Å². The number of nitrogens with zero attached hydrogens (tertiary/aromatic N) is 1. The van der Waals surface area contributed by atoms with Crippen molar-refractivity contribution in [3.8, 4) is 5.75 Å². The monoisotopic (exact) mass is 393 g/mol. The second-order valence-electron chi connectivity index (χ2n) is 5.97. The van der Waals surface area contributed by atoms with E-state index >= 15 is 0 Å². The van der Waals surface area contributed by atoms with Crippen LogP contribution in [0.4, 0.5) is 5.69 Å². The molecule has 1 amide bonds. The molecule has 0 bridgehead atoms. The van der Waals surface area contributed by atoms with Crippen molar-refractivity contribution in [1.82, 2.24) is 5.43 Å². The lowest BCUT2D eigenvalue weighted by molar-refractivity contribution is -0.119. The predicted octanol–water partition coefficient (Wildman–Crippen LogP) is 4.48.